The lowest BCUT2D eigenvalue weighted by molar-refractivity contribution is -0.108. The molecule has 0 saturated heterocycles. The first-order chi connectivity index (χ1) is 14.1. The van der Waals surface area contributed by atoms with Gasteiger partial charge in [-0.1, -0.05) is 6.07 Å². The number of aryl methyl sites for hydroxylation is 2. The second-order valence-electron chi connectivity index (χ2n) is 6.48. The van der Waals surface area contributed by atoms with Gasteiger partial charge in [0, 0.05) is 24.0 Å². The zero-order chi connectivity index (χ0) is 21.2. The molecule has 0 spiro atoms. The van der Waals surface area contributed by atoms with E-state index in [2.05, 4.69) is 0 Å². The monoisotopic (exact) mass is 400 g/mol. The van der Waals surface area contributed by atoms with Gasteiger partial charge in [0.1, 0.15) is 18.3 Å². The number of carbonyl (C=O) groups excluding carboxylic acids is 2. The van der Waals surface area contributed by atoms with Gasteiger partial charge in [-0.3, -0.25) is 0 Å². The van der Waals surface area contributed by atoms with Crippen molar-refractivity contribution in [3.05, 3.63) is 35.4 Å². The van der Waals surface area contributed by atoms with Crippen molar-refractivity contribution in [3.8, 4) is 34.1 Å². The predicted molar refractivity (Wildman–Crippen MR) is 111 cm³/mol. The third kappa shape index (κ3) is 5.08. The maximum Gasteiger partial charge on any atom is 0.204 e. The van der Waals surface area contributed by atoms with Gasteiger partial charge in [0.05, 0.1) is 28.4 Å². The van der Waals surface area contributed by atoms with E-state index in [-0.39, 0.29) is 0 Å². The molecule has 0 heterocycles. The van der Waals surface area contributed by atoms with Gasteiger partial charge < -0.3 is 28.5 Å². The van der Waals surface area contributed by atoms with Gasteiger partial charge in [0.2, 0.25) is 5.75 Å². The third-order valence-corrected chi connectivity index (χ3v) is 4.75. The third-order valence-electron chi connectivity index (χ3n) is 4.75. The van der Waals surface area contributed by atoms with E-state index in [1.165, 1.54) is 0 Å². The Morgan fingerprint density at radius 2 is 1.41 bits per heavy atom. The number of hydrogen-bond acceptors (Lipinski definition) is 6. The van der Waals surface area contributed by atoms with E-state index in [1.54, 1.807) is 28.4 Å². The molecule has 0 amide bonds. The largest absolute Gasteiger partial charge is 0.496 e. The predicted octanol–water partition coefficient (Wildman–Crippen LogP) is 4.04. The summed E-state index contributed by atoms with van der Waals surface area (Å²) in [6.45, 7) is 0. The fraction of sp³-hybridized carbons (Fsp3) is 0.391. The van der Waals surface area contributed by atoms with Gasteiger partial charge in [0.25, 0.3) is 0 Å². The lowest BCUT2D eigenvalue weighted by Crippen LogP contribution is -2.02. The fourth-order valence-electron chi connectivity index (χ4n) is 3.40. The Morgan fingerprint density at radius 3 is 2.00 bits per heavy atom. The summed E-state index contributed by atoms with van der Waals surface area (Å²) in [7, 11) is 6.34. The van der Waals surface area contributed by atoms with E-state index < -0.39 is 0 Å². The van der Waals surface area contributed by atoms with Crippen LogP contribution in [0.4, 0.5) is 0 Å². The van der Waals surface area contributed by atoms with Gasteiger partial charge in [-0.15, -0.1) is 0 Å². The highest BCUT2D eigenvalue weighted by atomic mass is 16.5. The Labute approximate surface area is 171 Å². The summed E-state index contributed by atoms with van der Waals surface area (Å²) in [5.41, 5.74) is 3.58. The maximum absolute atomic E-state index is 10.8. The van der Waals surface area contributed by atoms with E-state index in [0.717, 1.165) is 34.8 Å². The number of carbonyl (C=O) groups is 2. The molecule has 0 aliphatic rings. The SMILES string of the molecule is COc1ccc(CCC=O)cc1-c1cc(CCCC=O)c(OC)c(OC)c1OC. The van der Waals surface area contributed by atoms with Gasteiger partial charge in [-0.2, -0.15) is 0 Å². The van der Waals surface area contributed by atoms with Crippen molar-refractivity contribution in [2.45, 2.75) is 32.1 Å². The molecule has 0 radical (unpaired) electrons. The Morgan fingerprint density at radius 1 is 0.724 bits per heavy atom. The topological polar surface area (TPSA) is 71.1 Å². The van der Waals surface area contributed by atoms with Crippen molar-refractivity contribution in [2.24, 2.45) is 0 Å². The molecule has 0 aliphatic carbocycles. The molecule has 29 heavy (non-hydrogen) atoms. The summed E-state index contributed by atoms with van der Waals surface area (Å²) in [4.78, 5) is 21.5. The molecule has 0 N–H and O–H groups in total. The number of ether oxygens (including phenoxy) is 4. The lowest BCUT2D eigenvalue weighted by atomic mass is 9.95. The molecule has 0 aliphatic heterocycles. The molecule has 6 heteroatoms. The van der Waals surface area contributed by atoms with E-state index in [9.17, 15) is 9.59 Å². The van der Waals surface area contributed by atoms with Crippen molar-refractivity contribution in [3.63, 3.8) is 0 Å². The van der Waals surface area contributed by atoms with Gasteiger partial charge in [-0.05, 0) is 48.6 Å². The van der Waals surface area contributed by atoms with Crippen LogP contribution in [0.3, 0.4) is 0 Å². The molecule has 156 valence electrons. The van der Waals surface area contributed by atoms with E-state index in [0.29, 0.717) is 55.1 Å². The van der Waals surface area contributed by atoms with Crippen LogP contribution in [-0.4, -0.2) is 41.0 Å². The van der Waals surface area contributed by atoms with Gasteiger partial charge >= 0.3 is 0 Å². The Kier molecular flexibility index (Phi) is 8.52. The highest BCUT2D eigenvalue weighted by Gasteiger charge is 2.23. The highest BCUT2D eigenvalue weighted by molar-refractivity contribution is 5.82. The molecular weight excluding hydrogens is 372 g/mol. The first-order valence-electron chi connectivity index (χ1n) is 9.51. The van der Waals surface area contributed by atoms with Gasteiger partial charge in [-0.25, -0.2) is 0 Å². The second kappa shape index (κ2) is 11.1. The molecule has 2 aromatic rings. The second-order valence-corrected chi connectivity index (χ2v) is 6.48. The Bertz CT molecular complexity index is 844. The highest BCUT2D eigenvalue weighted by Crippen LogP contribution is 2.49. The minimum atomic E-state index is 0.450. The van der Waals surface area contributed by atoms with E-state index in [4.69, 9.17) is 18.9 Å². The molecule has 2 rings (SSSR count). The average molecular weight is 400 g/mol. The molecule has 0 atom stereocenters. The molecule has 0 bridgehead atoms. The molecule has 6 nitrogen and oxygen atoms in total. The first kappa shape index (κ1) is 22.3. The smallest absolute Gasteiger partial charge is 0.204 e. The van der Waals surface area contributed by atoms with Crippen LogP contribution in [0.15, 0.2) is 24.3 Å². The maximum atomic E-state index is 10.8. The van der Waals surface area contributed by atoms with Crippen LogP contribution in [0.1, 0.15) is 30.4 Å². The van der Waals surface area contributed by atoms with Crippen molar-refractivity contribution >= 4 is 12.6 Å². The molecule has 0 fully saturated rings. The number of rotatable bonds is 12. The normalized spacial score (nSPS) is 10.3. The average Bonchev–Trinajstić information content (AvgIpc) is 2.76. The summed E-state index contributed by atoms with van der Waals surface area (Å²) in [5, 5.41) is 0. The fourth-order valence-corrected chi connectivity index (χ4v) is 3.40. The van der Waals surface area contributed by atoms with Crippen LogP contribution in [0.5, 0.6) is 23.0 Å². The summed E-state index contributed by atoms with van der Waals surface area (Å²) in [6, 6.07) is 7.83. The van der Waals surface area contributed by atoms with Crippen LogP contribution in [-0.2, 0) is 22.4 Å². The van der Waals surface area contributed by atoms with Crippen LogP contribution in [0, 0.1) is 0 Å². The van der Waals surface area contributed by atoms with Crippen LogP contribution < -0.4 is 18.9 Å². The summed E-state index contributed by atoms with van der Waals surface area (Å²) in [6.07, 6.45) is 4.73. The summed E-state index contributed by atoms with van der Waals surface area (Å²) < 4.78 is 22.5. The summed E-state index contributed by atoms with van der Waals surface area (Å²) >= 11 is 0. The first-order valence-corrected chi connectivity index (χ1v) is 9.51. The lowest BCUT2D eigenvalue weighted by Gasteiger charge is -2.21. The summed E-state index contributed by atoms with van der Waals surface area (Å²) in [5.74, 6) is 2.31. The number of hydrogen-bond donors (Lipinski definition) is 0. The van der Waals surface area contributed by atoms with E-state index in [1.807, 2.05) is 24.3 Å². The number of benzene rings is 2. The standard InChI is InChI=1S/C23H28O6/c1-26-20-11-10-16(8-7-13-25)14-18(20)19-15-17(9-5-6-12-24)21(27-2)23(29-4)22(19)28-3/h10-15H,5-9H2,1-4H3. The molecule has 0 saturated carbocycles. The zero-order valence-electron chi connectivity index (χ0n) is 17.4. The molecule has 0 unspecified atom stereocenters. The van der Waals surface area contributed by atoms with Crippen molar-refractivity contribution in [1.82, 2.24) is 0 Å². The van der Waals surface area contributed by atoms with E-state index >= 15 is 0 Å². The Balaban J connectivity index is 2.70. The molecular formula is C23H28O6. The Hall–Kier alpha value is -3.02. The van der Waals surface area contributed by atoms with Crippen LogP contribution >= 0.6 is 0 Å². The number of methoxy groups -OCH3 is 4. The van der Waals surface area contributed by atoms with Gasteiger partial charge in [0.15, 0.2) is 11.5 Å². The van der Waals surface area contributed by atoms with Crippen LogP contribution in [0.25, 0.3) is 11.1 Å². The van der Waals surface area contributed by atoms with Crippen molar-refractivity contribution < 1.29 is 28.5 Å². The number of unbranched alkanes of at least 4 members (excludes halogenated alkanes) is 1. The minimum absolute atomic E-state index is 0.450. The van der Waals surface area contributed by atoms with Crippen LogP contribution in [0.2, 0.25) is 0 Å². The molecule has 2 aromatic carbocycles. The minimum Gasteiger partial charge on any atom is -0.496 e. The van der Waals surface area contributed by atoms with Crippen molar-refractivity contribution in [1.29, 1.82) is 0 Å². The quantitative estimate of drug-likeness (QED) is 0.396. The van der Waals surface area contributed by atoms with Crippen molar-refractivity contribution in [2.75, 3.05) is 28.4 Å². The number of aldehydes is 2. The zero-order valence-corrected chi connectivity index (χ0v) is 17.4. The molecule has 0 aromatic heterocycles.